The summed E-state index contributed by atoms with van der Waals surface area (Å²) < 4.78 is 27.1. The molecule has 0 aromatic carbocycles. The Labute approximate surface area is 172 Å². The molecular weight excluding hydrogens is 396 g/mol. The van der Waals surface area contributed by atoms with Gasteiger partial charge in [0.05, 0.1) is 10.3 Å². The first-order valence-electron chi connectivity index (χ1n) is 9.98. The monoisotopic (exact) mass is 426 g/mol. The van der Waals surface area contributed by atoms with E-state index in [1.165, 1.54) is 35.1 Å². The van der Waals surface area contributed by atoms with Crippen molar-refractivity contribution in [3.8, 4) is 0 Å². The second-order valence-electron chi connectivity index (χ2n) is 7.54. The minimum atomic E-state index is -3.51. The van der Waals surface area contributed by atoms with E-state index in [9.17, 15) is 13.2 Å². The molecule has 7 nitrogen and oxygen atoms in total. The van der Waals surface area contributed by atoms with Gasteiger partial charge in [0.25, 0.3) is 0 Å². The van der Waals surface area contributed by atoms with Crippen molar-refractivity contribution in [2.45, 2.75) is 47.8 Å². The van der Waals surface area contributed by atoms with Crippen LogP contribution in [0.5, 0.6) is 0 Å². The molecule has 1 aromatic rings. The van der Waals surface area contributed by atoms with Crippen LogP contribution in [0.2, 0.25) is 0 Å². The number of carbonyl (C=O) groups excluding carboxylic acids is 1. The zero-order valence-electron chi connectivity index (χ0n) is 16.7. The van der Waals surface area contributed by atoms with Gasteiger partial charge in [-0.05, 0) is 38.9 Å². The number of sulfonamides is 1. The molecule has 0 saturated carbocycles. The number of nitrogens with zero attached hydrogens (tertiary/aromatic N) is 4. The van der Waals surface area contributed by atoms with Gasteiger partial charge in [-0.25, -0.2) is 13.4 Å². The van der Waals surface area contributed by atoms with Gasteiger partial charge in [0, 0.05) is 45.5 Å². The van der Waals surface area contributed by atoms with Crippen LogP contribution >= 0.6 is 11.8 Å². The number of likely N-dealkylation sites (tertiary alicyclic amines) is 1. The number of likely N-dealkylation sites (N-methyl/N-ethyl adjacent to an activating group) is 1. The molecule has 0 aliphatic carbocycles. The highest BCUT2D eigenvalue weighted by Crippen LogP contribution is 2.25. The van der Waals surface area contributed by atoms with Gasteiger partial charge in [-0.3, -0.25) is 4.79 Å². The molecule has 3 rings (SSSR count). The average molecular weight is 427 g/mol. The SMILES string of the molecule is CC(Sc1ccc(S(=O)(=O)N2CCN(C)CC2)cn1)C(=O)N1CCCCCC1. The predicted octanol–water partition coefficient (Wildman–Crippen LogP) is 1.90. The fraction of sp³-hybridized carbons (Fsp3) is 0.684. The Morgan fingerprint density at radius 2 is 1.68 bits per heavy atom. The van der Waals surface area contributed by atoms with Crippen molar-refractivity contribution >= 4 is 27.7 Å². The van der Waals surface area contributed by atoms with E-state index < -0.39 is 10.0 Å². The highest BCUT2D eigenvalue weighted by molar-refractivity contribution is 8.00. The Morgan fingerprint density at radius 3 is 2.25 bits per heavy atom. The van der Waals surface area contributed by atoms with Gasteiger partial charge in [-0.1, -0.05) is 24.6 Å². The van der Waals surface area contributed by atoms with Crippen molar-refractivity contribution in [2.24, 2.45) is 0 Å². The average Bonchev–Trinajstić information content (AvgIpc) is 2.97. The maximum Gasteiger partial charge on any atom is 0.244 e. The Balaban J connectivity index is 1.61. The quantitative estimate of drug-likeness (QED) is 0.670. The topological polar surface area (TPSA) is 73.8 Å². The molecule has 0 radical (unpaired) electrons. The summed E-state index contributed by atoms with van der Waals surface area (Å²) in [7, 11) is -1.52. The molecule has 0 bridgehead atoms. The smallest absolute Gasteiger partial charge is 0.244 e. The van der Waals surface area contributed by atoms with Crippen LogP contribution in [0.25, 0.3) is 0 Å². The Morgan fingerprint density at radius 1 is 1.04 bits per heavy atom. The van der Waals surface area contributed by atoms with E-state index in [4.69, 9.17) is 0 Å². The van der Waals surface area contributed by atoms with E-state index in [2.05, 4.69) is 9.88 Å². The molecule has 156 valence electrons. The second kappa shape index (κ2) is 9.56. The van der Waals surface area contributed by atoms with Crippen LogP contribution in [0.1, 0.15) is 32.6 Å². The number of pyridine rings is 1. The number of aromatic nitrogens is 1. The normalized spacial score (nSPS) is 21.3. The van der Waals surface area contributed by atoms with Gasteiger partial charge < -0.3 is 9.80 Å². The largest absolute Gasteiger partial charge is 0.342 e. The molecule has 1 atom stereocenters. The lowest BCUT2D eigenvalue weighted by atomic mass is 10.2. The van der Waals surface area contributed by atoms with Crippen LogP contribution in [0, 0.1) is 0 Å². The van der Waals surface area contributed by atoms with Gasteiger partial charge >= 0.3 is 0 Å². The molecule has 2 aliphatic heterocycles. The summed E-state index contributed by atoms with van der Waals surface area (Å²) >= 11 is 1.39. The Kier molecular flexibility index (Phi) is 7.36. The first-order chi connectivity index (χ1) is 13.4. The number of carbonyl (C=O) groups is 1. The third-order valence-corrected chi connectivity index (χ3v) is 8.29. The van der Waals surface area contributed by atoms with E-state index in [0.29, 0.717) is 18.1 Å². The molecule has 2 aliphatic rings. The molecule has 1 unspecified atom stereocenters. The maximum absolute atomic E-state index is 12.8. The third-order valence-electron chi connectivity index (χ3n) is 5.37. The van der Waals surface area contributed by atoms with Gasteiger partial charge in [-0.15, -0.1) is 0 Å². The minimum absolute atomic E-state index is 0.142. The van der Waals surface area contributed by atoms with Crippen LogP contribution in [0.3, 0.4) is 0 Å². The molecule has 1 amide bonds. The molecule has 3 heterocycles. The van der Waals surface area contributed by atoms with Gasteiger partial charge in [0.1, 0.15) is 4.90 Å². The number of piperazine rings is 1. The van der Waals surface area contributed by atoms with E-state index in [1.54, 1.807) is 12.1 Å². The molecule has 0 spiro atoms. The minimum Gasteiger partial charge on any atom is -0.342 e. The number of thioether (sulfide) groups is 1. The van der Waals surface area contributed by atoms with Crippen molar-refractivity contribution in [1.29, 1.82) is 0 Å². The lowest BCUT2D eigenvalue weighted by molar-refractivity contribution is -0.130. The number of rotatable bonds is 5. The lowest BCUT2D eigenvalue weighted by Gasteiger charge is -2.31. The maximum atomic E-state index is 12.8. The summed E-state index contributed by atoms with van der Waals surface area (Å²) in [4.78, 5) is 21.3. The molecule has 2 saturated heterocycles. The van der Waals surface area contributed by atoms with Crippen molar-refractivity contribution in [2.75, 3.05) is 46.3 Å². The van der Waals surface area contributed by atoms with Gasteiger partial charge in [0.15, 0.2) is 0 Å². The molecule has 9 heteroatoms. The molecule has 1 aromatic heterocycles. The van der Waals surface area contributed by atoms with Gasteiger partial charge in [-0.2, -0.15) is 4.31 Å². The summed E-state index contributed by atoms with van der Waals surface area (Å²) in [5.41, 5.74) is 0. The van der Waals surface area contributed by atoms with E-state index in [1.807, 2.05) is 18.9 Å². The van der Waals surface area contributed by atoms with Crippen molar-refractivity contribution in [3.63, 3.8) is 0 Å². The summed E-state index contributed by atoms with van der Waals surface area (Å²) in [6.07, 6.45) is 5.94. The van der Waals surface area contributed by atoms with Crippen LogP contribution < -0.4 is 0 Å². The first-order valence-corrected chi connectivity index (χ1v) is 12.3. The fourth-order valence-corrected chi connectivity index (χ4v) is 5.79. The zero-order valence-corrected chi connectivity index (χ0v) is 18.3. The summed E-state index contributed by atoms with van der Waals surface area (Å²) in [5, 5.41) is 0.443. The molecule has 2 fully saturated rings. The lowest BCUT2D eigenvalue weighted by Crippen LogP contribution is -2.47. The van der Waals surface area contributed by atoms with Crippen molar-refractivity contribution in [3.05, 3.63) is 18.3 Å². The van der Waals surface area contributed by atoms with Crippen molar-refractivity contribution < 1.29 is 13.2 Å². The number of hydrogen-bond donors (Lipinski definition) is 0. The Bertz CT molecular complexity index is 754. The second-order valence-corrected chi connectivity index (χ2v) is 10.8. The van der Waals surface area contributed by atoms with Crippen LogP contribution in [0.15, 0.2) is 28.3 Å². The highest BCUT2D eigenvalue weighted by atomic mass is 32.2. The van der Waals surface area contributed by atoms with Crippen LogP contribution in [-0.4, -0.2) is 85.0 Å². The van der Waals surface area contributed by atoms with E-state index >= 15 is 0 Å². The summed E-state index contributed by atoms with van der Waals surface area (Å²) in [6, 6.07) is 3.31. The summed E-state index contributed by atoms with van der Waals surface area (Å²) in [5.74, 6) is 0.142. The predicted molar refractivity (Wildman–Crippen MR) is 111 cm³/mol. The molecular formula is C19H30N4O3S2. The standard InChI is InChI=1S/C19H30N4O3S2/c1-16(19(24)22-9-5-3-4-6-10-22)27-18-8-7-17(15-20-18)28(25,26)23-13-11-21(2)12-14-23/h7-8,15-16H,3-6,9-14H2,1-2H3. The van der Waals surface area contributed by atoms with Crippen LogP contribution in [0.4, 0.5) is 0 Å². The number of amides is 1. The van der Waals surface area contributed by atoms with Gasteiger partial charge in [0.2, 0.25) is 15.9 Å². The number of hydrogen-bond acceptors (Lipinski definition) is 6. The fourth-order valence-electron chi connectivity index (χ4n) is 3.55. The van der Waals surface area contributed by atoms with Crippen molar-refractivity contribution in [1.82, 2.24) is 19.1 Å². The zero-order chi connectivity index (χ0) is 20.1. The molecule has 28 heavy (non-hydrogen) atoms. The van der Waals surface area contributed by atoms with E-state index in [-0.39, 0.29) is 16.1 Å². The van der Waals surface area contributed by atoms with E-state index in [0.717, 1.165) is 39.0 Å². The Hall–Kier alpha value is -1.16. The highest BCUT2D eigenvalue weighted by Gasteiger charge is 2.28. The third kappa shape index (κ3) is 5.25. The first kappa shape index (κ1) is 21.5. The van der Waals surface area contributed by atoms with Crippen LogP contribution in [-0.2, 0) is 14.8 Å². The molecule has 0 N–H and O–H groups in total. The summed E-state index contributed by atoms with van der Waals surface area (Å²) in [6.45, 7) is 6.02.